The van der Waals surface area contributed by atoms with E-state index in [4.69, 9.17) is 0 Å². The molecule has 0 spiro atoms. The van der Waals surface area contributed by atoms with Gasteiger partial charge >= 0.3 is 0 Å². The summed E-state index contributed by atoms with van der Waals surface area (Å²) in [7, 11) is 0. The maximum absolute atomic E-state index is 13.3. The Morgan fingerprint density at radius 3 is 2.22 bits per heavy atom. The third-order valence-corrected chi connectivity index (χ3v) is 3.80. The molecule has 1 aliphatic carbocycles. The van der Waals surface area contributed by atoms with Crippen LogP contribution in [0, 0.1) is 17.6 Å². The van der Waals surface area contributed by atoms with E-state index in [1.54, 1.807) is 0 Å². The highest BCUT2D eigenvalue weighted by molar-refractivity contribution is 5.30. The first-order chi connectivity index (χ1) is 8.52. The fourth-order valence-corrected chi connectivity index (χ4v) is 2.63. The van der Waals surface area contributed by atoms with Crippen LogP contribution in [0.5, 0.6) is 0 Å². The molecular weight excluding hydrogens is 232 g/mol. The summed E-state index contributed by atoms with van der Waals surface area (Å²) in [5.74, 6) is -0.355. The molecule has 1 fully saturated rings. The standard InChI is InChI=1S/C15H21F2N/c1-11(2)9-18-10-15(4-3-5-15)12-6-13(16)8-14(17)7-12/h6-8,11,18H,3-5,9-10H2,1-2H3. The molecule has 1 saturated carbocycles. The number of hydrogen-bond donors (Lipinski definition) is 1. The smallest absolute Gasteiger partial charge is 0.126 e. The van der Waals surface area contributed by atoms with Gasteiger partial charge in [0.25, 0.3) is 0 Å². The Morgan fingerprint density at radius 2 is 1.78 bits per heavy atom. The first-order valence-corrected chi connectivity index (χ1v) is 6.69. The van der Waals surface area contributed by atoms with Gasteiger partial charge in [-0.25, -0.2) is 8.78 Å². The monoisotopic (exact) mass is 253 g/mol. The quantitative estimate of drug-likeness (QED) is 0.845. The number of benzene rings is 1. The van der Waals surface area contributed by atoms with Crippen molar-refractivity contribution in [3.63, 3.8) is 0 Å². The molecule has 0 aromatic heterocycles. The molecule has 18 heavy (non-hydrogen) atoms. The summed E-state index contributed by atoms with van der Waals surface area (Å²) in [4.78, 5) is 0. The van der Waals surface area contributed by atoms with Crippen molar-refractivity contribution in [1.82, 2.24) is 5.32 Å². The highest BCUT2D eigenvalue weighted by Crippen LogP contribution is 2.43. The zero-order valence-corrected chi connectivity index (χ0v) is 11.1. The van der Waals surface area contributed by atoms with Crippen LogP contribution in [-0.2, 0) is 5.41 Å². The second kappa shape index (κ2) is 5.35. The Balaban J connectivity index is 2.11. The third-order valence-electron chi connectivity index (χ3n) is 3.80. The molecule has 1 nitrogen and oxygen atoms in total. The molecule has 0 bridgehead atoms. The van der Waals surface area contributed by atoms with Gasteiger partial charge in [0.1, 0.15) is 11.6 Å². The van der Waals surface area contributed by atoms with E-state index in [9.17, 15) is 8.78 Å². The lowest BCUT2D eigenvalue weighted by Gasteiger charge is -2.43. The van der Waals surface area contributed by atoms with Gasteiger partial charge in [-0.2, -0.15) is 0 Å². The average Bonchev–Trinajstić information content (AvgIpc) is 2.19. The van der Waals surface area contributed by atoms with Crippen LogP contribution in [0.25, 0.3) is 0 Å². The average molecular weight is 253 g/mol. The predicted octanol–water partition coefficient (Wildman–Crippen LogP) is 3.63. The number of nitrogens with one attached hydrogen (secondary N) is 1. The Hall–Kier alpha value is -0.960. The van der Waals surface area contributed by atoms with Crippen molar-refractivity contribution in [2.75, 3.05) is 13.1 Å². The molecule has 0 atom stereocenters. The Labute approximate surface area is 108 Å². The minimum Gasteiger partial charge on any atom is -0.316 e. The van der Waals surface area contributed by atoms with Gasteiger partial charge in [-0.3, -0.25) is 0 Å². The number of halogens is 2. The lowest BCUT2D eigenvalue weighted by molar-refractivity contribution is 0.229. The van der Waals surface area contributed by atoms with Gasteiger partial charge in [-0.05, 0) is 43.0 Å². The van der Waals surface area contributed by atoms with Crippen molar-refractivity contribution >= 4 is 0 Å². The molecule has 0 radical (unpaired) electrons. The van der Waals surface area contributed by atoms with E-state index >= 15 is 0 Å². The van der Waals surface area contributed by atoms with Crippen molar-refractivity contribution in [2.45, 2.75) is 38.5 Å². The van der Waals surface area contributed by atoms with Crippen molar-refractivity contribution in [2.24, 2.45) is 5.92 Å². The zero-order chi connectivity index (χ0) is 13.2. The molecule has 0 saturated heterocycles. The van der Waals surface area contributed by atoms with Gasteiger partial charge in [0.15, 0.2) is 0 Å². The largest absolute Gasteiger partial charge is 0.316 e. The van der Waals surface area contributed by atoms with Crippen LogP contribution in [0.3, 0.4) is 0 Å². The SMILES string of the molecule is CC(C)CNCC1(c2cc(F)cc(F)c2)CCC1. The van der Waals surface area contributed by atoms with E-state index in [1.807, 2.05) is 0 Å². The normalized spacial score (nSPS) is 17.8. The minimum atomic E-state index is -0.472. The van der Waals surface area contributed by atoms with Crippen LogP contribution >= 0.6 is 0 Å². The van der Waals surface area contributed by atoms with Crippen LogP contribution in [0.4, 0.5) is 8.78 Å². The van der Waals surface area contributed by atoms with Crippen molar-refractivity contribution < 1.29 is 8.78 Å². The topological polar surface area (TPSA) is 12.0 Å². The third kappa shape index (κ3) is 2.89. The van der Waals surface area contributed by atoms with E-state index in [0.717, 1.165) is 44.0 Å². The Morgan fingerprint density at radius 1 is 1.17 bits per heavy atom. The minimum absolute atomic E-state index is 0.0577. The summed E-state index contributed by atoms with van der Waals surface area (Å²) in [6, 6.07) is 3.91. The maximum atomic E-state index is 13.3. The van der Waals surface area contributed by atoms with Crippen LogP contribution in [0.15, 0.2) is 18.2 Å². The van der Waals surface area contributed by atoms with Crippen molar-refractivity contribution in [3.8, 4) is 0 Å². The first-order valence-electron chi connectivity index (χ1n) is 6.69. The zero-order valence-electron chi connectivity index (χ0n) is 11.1. The van der Waals surface area contributed by atoms with E-state index in [1.165, 1.54) is 12.1 Å². The molecule has 1 N–H and O–H groups in total. The van der Waals surface area contributed by atoms with Gasteiger partial charge in [-0.15, -0.1) is 0 Å². The second-order valence-corrected chi connectivity index (χ2v) is 5.82. The fraction of sp³-hybridized carbons (Fsp3) is 0.600. The maximum Gasteiger partial charge on any atom is 0.126 e. The second-order valence-electron chi connectivity index (χ2n) is 5.82. The van der Waals surface area contributed by atoms with Gasteiger partial charge in [0.2, 0.25) is 0 Å². The lowest BCUT2D eigenvalue weighted by Crippen LogP contribution is -2.44. The van der Waals surface area contributed by atoms with E-state index < -0.39 is 11.6 Å². The summed E-state index contributed by atoms with van der Waals surface area (Å²) in [5, 5.41) is 3.42. The molecule has 2 rings (SSSR count). The molecule has 1 aliphatic rings. The summed E-state index contributed by atoms with van der Waals surface area (Å²) in [6.45, 7) is 6.07. The van der Waals surface area contributed by atoms with Crippen LogP contribution in [-0.4, -0.2) is 13.1 Å². The molecule has 0 unspecified atom stereocenters. The van der Waals surface area contributed by atoms with E-state index in [0.29, 0.717) is 5.92 Å². The molecule has 100 valence electrons. The highest BCUT2D eigenvalue weighted by Gasteiger charge is 2.38. The molecule has 0 heterocycles. The van der Waals surface area contributed by atoms with Crippen LogP contribution < -0.4 is 5.32 Å². The summed E-state index contributed by atoms with van der Waals surface area (Å²) in [5.41, 5.74) is 0.750. The summed E-state index contributed by atoms with van der Waals surface area (Å²) >= 11 is 0. The Kier molecular flexibility index (Phi) is 4.00. The molecule has 0 amide bonds. The summed E-state index contributed by atoms with van der Waals surface area (Å²) < 4.78 is 26.6. The van der Waals surface area contributed by atoms with Gasteiger partial charge < -0.3 is 5.32 Å². The molecule has 3 heteroatoms. The predicted molar refractivity (Wildman–Crippen MR) is 69.6 cm³/mol. The van der Waals surface area contributed by atoms with Gasteiger partial charge in [-0.1, -0.05) is 20.3 Å². The molecule has 1 aromatic rings. The van der Waals surface area contributed by atoms with Gasteiger partial charge in [0, 0.05) is 18.0 Å². The molecular formula is C15H21F2N. The van der Waals surface area contributed by atoms with Crippen molar-refractivity contribution in [1.29, 1.82) is 0 Å². The Bertz CT molecular complexity index is 391. The van der Waals surface area contributed by atoms with E-state index in [-0.39, 0.29) is 5.41 Å². The number of hydrogen-bond acceptors (Lipinski definition) is 1. The van der Waals surface area contributed by atoms with Crippen LogP contribution in [0.1, 0.15) is 38.7 Å². The molecule has 0 aliphatic heterocycles. The van der Waals surface area contributed by atoms with Gasteiger partial charge in [0.05, 0.1) is 0 Å². The lowest BCUT2D eigenvalue weighted by atomic mass is 9.64. The summed E-state index contributed by atoms with van der Waals surface area (Å²) in [6.07, 6.45) is 3.17. The first kappa shape index (κ1) is 13.5. The number of rotatable bonds is 5. The fourth-order valence-electron chi connectivity index (χ4n) is 2.63. The molecule has 1 aromatic carbocycles. The van der Waals surface area contributed by atoms with Crippen LogP contribution in [0.2, 0.25) is 0 Å². The van der Waals surface area contributed by atoms with E-state index in [2.05, 4.69) is 19.2 Å². The van der Waals surface area contributed by atoms with Crippen molar-refractivity contribution in [3.05, 3.63) is 35.4 Å². The highest BCUT2D eigenvalue weighted by atomic mass is 19.1.